The molecule has 1 amide bonds. The van der Waals surface area contributed by atoms with Crippen LogP contribution in [0.15, 0.2) is 40.9 Å². The van der Waals surface area contributed by atoms with Gasteiger partial charge in [-0.1, -0.05) is 12.1 Å². The van der Waals surface area contributed by atoms with Crippen LogP contribution in [0.2, 0.25) is 0 Å². The number of para-hydroxylation sites is 1. The minimum atomic E-state index is -0.786. The molecule has 108 valence electrons. The van der Waals surface area contributed by atoms with Crippen LogP contribution in [-0.4, -0.2) is 15.9 Å². The zero-order valence-corrected chi connectivity index (χ0v) is 11.9. The number of nitro benzene ring substituents is 1. The number of nitrogens with one attached hydrogen (secondary N) is 1. The lowest BCUT2D eigenvalue weighted by Crippen LogP contribution is -2.14. The van der Waals surface area contributed by atoms with Crippen LogP contribution in [0.4, 0.5) is 15.8 Å². The molecule has 2 aromatic rings. The number of benzene rings is 2. The number of phenolic OH excluding ortho intramolecular Hbond substituents is 1. The predicted octanol–water partition coefficient (Wildman–Crippen LogP) is 3.45. The average Bonchev–Trinajstić information content (AvgIpc) is 2.43. The maximum Gasteiger partial charge on any atom is 0.296 e. The lowest BCUT2D eigenvalue weighted by atomic mass is 10.2. The molecule has 0 saturated heterocycles. The Hall–Kier alpha value is -2.48. The standard InChI is InChI=1S/C13H8BrFN2O4/c14-11-7(3-1-4-8(11)15)13(19)16-12-9(17(20)21)5-2-6-10(12)18/h1-6,18H,(H,16,19). The summed E-state index contributed by atoms with van der Waals surface area (Å²) in [4.78, 5) is 22.2. The van der Waals surface area contributed by atoms with Crippen LogP contribution in [0.1, 0.15) is 10.4 Å². The van der Waals surface area contributed by atoms with Crippen molar-refractivity contribution in [1.29, 1.82) is 0 Å². The Morgan fingerprint density at radius 1 is 1.29 bits per heavy atom. The molecule has 0 aromatic heterocycles. The first-order chi connectivity index (χ1) is 9.91. The number of aromatic hydroxyl groups is 1. The molecule has 2 aromatic carbocycles. The molecule has 0 heterocycles. The van der Waals surface area contributed by atoms with E-state index < -0.39 is 28.1 Å². The summed E-state index contributed by atoms with van der Waals surface area (Å²) in [5.74, 6) is -1.88. The minimum Gasteiger partial charge on any atom is -0.505 e. The highest BCUT2D eigenvalue weighted by atomic mass is 79.9. The highest BCUT2D eigenvalue weighted by Crippen LogP contribution is 2.34. The van der Waals surface area contributed by atoms with Gasteiger partial charge in [-0.15, -0.1) is 0 Å². The summed E-state index contributed by atoms with van der Waals surface area (Å²) in [5, 5.41) is 22.8. The van der Waals surface area contributed by atoms with E-state index in [1.165, 1.54) is 24.3 Å². The highest BCUT2D eigenvalue weighted by molar-refractivity contribution is 9.10. The minimum absolute atomic E-state index is 0.0486. The van der Waals surface area contributed by atoms with E-state index in [9.17, 15) is 24.4 Å². The van der Waals surface area contributed by atoms with E-state index in [2.05, 4.69) is 21.2 Å². The Labute approximate surface area is 126 Å². The average molecular weight is 355 g/mol. The van der Waals surface area contributed by atoms with E-state index >= 15 is 0 Å². The first-order valence-corrected chi connectivity index (χ1v) is 6.43. The lowest BCUT2D eigenvalue weighted by Gasteiger charge is -2.09. The van der Waals surface area contributed by atoms with Gasteiger partial charge in [0.15, 0.2) is 5.69 Å². The second kappa shape index (κ2) is 5.88. The Kier molecular flexibility index (Phi) is 4.18. The van der Waals surface area contributed by atoms with Crippen molar-refractivity contribution >= 4 is 33.2 Å². The van der Waals surface area contributed by atoms with Crippen LogP contribution < -0.4 is 5.32 Å². The topological polar surface area (TPSA) is 92.5 Å². The maximum absolute atomic E-state index is 13.4. The van der Waals surface area contributed by atoms with Gasteiger partial charge >= 0.3 is 0 Å². The molecule has 0 aliphatic rings. The van der Waals surface area contributed by atoms with Gasteiger partial charge in [-0.3, -0.25) is 14.9 Å². The number of phenols is 1. The van der Waals surface area contributed by atoms with Crippen molar-refractivity contribution in [2.45, 2.75) is 0 Å². The number of hydrogen-bond donors (Lipinski definition) is 2. The molecular formula is C13H8BrFN2O4. The van der Waals surface area contributed by atoms with Crippen molar-refractivity contribution in [2.24, 2.45) is 0 Å². The largest absolute Gasteiger partial charge is 0.505 e. The van der Waals surface area contributed by atoms with Crippen LogP contribution in [0.25, 0.3) is 0 Å². The number of rotatable bonds is 3. The van der Waals surface area contributed by atoms with Crippen LogP contribution >= 0.6 is 15.9 Å². The van der Waals surface area contributed by atoms with Gasteiger partial charge in [0.25, 0.3) is 11.6 Å². The number of anilines is 1. The predicted molar refractivity (Wildman–Crippen MR) is 76.8 cm³/mol. The second-order valence-corrected chi connectivity index (χ2v) is 4.78. The third kappa shape index (κ3) is 3.00. The van der Waals surface area contributed by atoms with Crippen molar-refractivity contribution < 1.29 is 19.2 Å². The van der Waals surface area contributed by atoms with E-state index in [1.54, 1.807) is 0 Å². The van der Waals surface area contributed by atoms with Crippen molar-refractivity contribution in [3.8, 4) is 5.75 Å². The summed E-state index contributed by atoms with van der Waals surface area (Å²) in [6.45, 7) is 0. The van der Waals surface area contributed by atoms with E-state index in [-0.39, 0.29) is 15.7 Å². The Morgan fingerprint density at radius 3 is 2.62 bits per heavy atom. The summed E-state index contributed by atoms with van der Waals surface area (Å²) in [6.07, 6.45) is 0. The molecular weight excluding hydrogens is 347 g/mol. The molecule has 0 spiro atoms. The molecule has 0 aliphatic heterocycles. The smallest absolute Gasteiger partial charge is 0.296 e. The number of nitrogens with zero attached hydrogens (tertiary/aromatic N) is 1. The van der Waals surface area contributed by atoms with Gasteiger partial charge in [-0.2, -0.15) is 0 Å². The summed E-state index contributed by atoms with van der Waals surface area (Å²) in [6, 6.07) is 7.44. The van der Waals surface area contributed by atoms with Gasteiger partial charge in [0.05, 0.1) is 15.0 Å². The molecule has 0 bridgehead atoms. The van der Waals surface area contributed by atoms with Crippen LogP contribution in [-0.2, 0) is 0 Å². The van der Waals surface area contributed by atoms with E-state index in [0.29, 0.717) is 0 Å². The number of nitro groups is 1. The molecule has 0 radical (unpaired) electrons. The third-order valence-corrected chi connectivity index (χ3v) is 3.46. The zero-order chi connectivity index (χ0) is 15.6. The van der Waals surface area contributed by atoms with Gasteiger partial charge in [0, 0.05) is 6.07 Å². The second-order valence-electron chi connectivity index (χ2n) is 3.98. The molecule has 6 nitrogen and oxygen atoms in total. The van der Waals surface area contributed by atoms with Crippen LogP contribution in [0, 0.1) is 15.9 Å². The number of amides is 1. The summed E-state index contributed by atoms with van der Waals surface area (Å²) in [5.41, 5.74) is -0.855. The quantitative estimate of drug-likeness (QED) is 0.501. The number of carbonyl (C=O) groups is 1. The summed E-state index contributed by atoms with van der Waals surface area (Å²) < 4.78 is 13.3. The van der Waals surface area contributed by atoms with E-state index in [0.717, 1.165) is 12.1 Å². The van der Waals surface area contributed by atoms with Crippen molar-refractivity contribution in [1.82, 2.24) is 0 Å². The Morgan fingerprint density at radius 2 is 1.95 bits per heavy atom. The summed E-state index contributed by atoms with van der Waals surface area (Å²) in [7, 11) is 0. The normalized spacial score (nSPS) is 10.2. The van der Waals surface area contributed by atoms with E-state index in [1.807, 2.05) is 0 Å². The monoisotopic (exact) mass is 354 g/mol. The molecule has 2 rings (SSSR count). The fourth-order valence-electron chi connectivity index (χ4n) is 1.67. The molecule has 0 saturated carbocycles. The van der Waals surface area contributed by atoms with Gasteiger partial charge in [-0.25, -0.2) is 4.39 Å². The SMILES string of the molecule is O=C(Nc1c(O)cccc1[N+](=O)[O-])c1cccc(F)c1Br. The highest BCUT2D eigenvalue weighted by Gasteiger charge is 2.21. The first kappa shape index (κ1) is 14.9. The fraction of sp³-hybridized carbons (Fsp3) is 0. The van der Waals surface area contributed by atoms with Crippen molar-refractivity contribution in [3.05, 3.63) is 62.4 Å². The molecule has 0 fully saturated rings. The van der Waals surface area contributed by atoms with Crippen LogP contribution in [0.3, 0.4) is 0 Å². The number of hydrogen-bond acceptors (Lipinski definition) is 4. The number of carbonyl (C=O) groups excluding carboxylic acids is 1. The van der Waals surface area contributed by atoms with Crippen molar-refractivity contribution in [3.63, 3.8) is 0 Å². The maximum atomic E-state index is 13.4. The molecule has 2 N–H and O–H groups in total. The lowest BCUT2D eigenvalue weighted by molar-refractivity contribution is -0.384. The zero-order valence-electron chi connectivity index (χ0n) is 10.3. The van der Waals surface area contributed by atoms with Gasteiger partial charge in [0.2, 0.25) is 0 Å². The van der Waals surface area contributed by atoms with Crippen LogP contribution in [0.5, 0.6) is 5.75 Å². The molecule has 0 aliphatic carbocycles. The van der Waals surface area contributed by atoms with Crippen molar-refractivity contribution in [2.75, 3.05) is 5.32 Å². The molecule has 0 atom stereocenters. The molecule has 0 unspecified atom stereocenters. The van der Waals surface area contributed by atoms with Gasteiger partial charge < -0.3 is 10.4 Å². The molecule has 8 heteroatoms. The van der Waals surface area contributed by atoms with Gasteiger partial charge in [-0.05, 0) is 34.1 Å². The molecule has 21 heavy (non-hydrogen) atoms. The van der Waals surface area contributed by atoms with E-state index in [4.69, 9.17) is 0 Å². The fourth-order valence-corrected chi connectivity index (χ4v) is 2.11. The third-order valence-electron chi connectivity index (χ3n) is 2.65. The number of halogens is 2. The first-order valence-electron chi connectivity index (χ1n) is 5.63. The van der Waals surface area contributed by atoms with Gasteiger partial charge in [0.1, 0.15) is 11.6 Å². The Balaban J connectivity index is 2.41. The summed E-state index contributed by atoms with van der Waals surface area (Å²) >= 11 is 2.93. The Bertz CT molecular complexity index is 736.